The highest BCUT2D eigenvalue weighted by Gasteiger charge is 2.31. The Bertz CT molecular complexity index is 1620. The van der Waals surface area contributed by atoms with E-state index in [1.54, 1.807) is 11.8 Å². The number of aryl methyl sites for hydroxylation is 1. The number of amidine groups is 1. The van der Waals surface area contributed by atoms with Gasteiger partial charge in [0.1, 0.15) is 12.1 Å². The number of alkyl halides is 3. The van der Waals surface area contributed by atoms with Crippen molar-refractivity contribution in [3.63, 3.8) is 0 Å². The molecule has 1 fully saturated rings. The van der Waals surface area contributed by atoms with E-state index in [1.165, 1.54) is 52.1 Å². The van der Waals surface area contributed by atoms with E-state index in [0.717, 1.165) is 41.4 Å². The third kappa shape index (κ3) is 8.17. The third-order valence-electron chi connectivity index (χ3n) is 7.01. The highest BCUT2D eigenvalue weighted by molar-refractivity contribution is 8.14. The number of aliphatic imine (C=N–C) groups is 1. The number of rotatable bonds is 8. The lowest BCUT2D eigenvalue weighted by Crippen LogP contribution is -2.36. The second kappa shape index (κ2) is 13.8. The van der Waals surface area contributed by atoms with E-state index in [0.29, 0.717) is 29.1 Å². The first kappa shape index (κ1) is 31.5. The number of hydrogen-bond acceptors (Lipinski definition) is 5. The standard InChI is InChI=1S/C32H33F3N6OS2/c1-21(2)27-14-5-22(3)19-28(27)40-17-4-18-44-31(40)38-30(43)36-16-15-23-6-8-24(9-7-23)29-37-20-41(39-29)25-10-12-26(13-11-25)42-32(33,34)35/h5-14,19-21H,4,15-18H2,1-3H3,(H,36,43)/b38-31-. The van der Waals surface area contributed by atoms with Gasteiger partial charge in [-0.25, -0.2) is 9.67 Å². The molecule has 0 bridgehead atoms. The van der Waals surface area contributed by atoms with Gasteiger partial charge in [0.2, 0.25) is 0 Å². The van der Waals surface area contributed by atoms with E-state index < -0.39 is 6.36 Å². The quantitative estimate of drug-likeness (QED) is 0.199. The van der Waals surface area contributed by atoms with Crippen LogP contribution in [0.1, 0.15) is 42.9 Å². The first-order valence-electron chi connectivity index (χ1n) is 14.3. The molecule has 7 nitrogen and oxygen atoms in total. The molecule has 1 aromatic heterocycles. The molecule has 3 aromatic carbocycles. The van der Waals surface area contributed by atoms with Gasteiger partial charge in [0, 0.05) is 30.1 Å². The summed E-state index contributed by atoms with van der Waals surface area (Å²) in [6, 6.07) is 20.0. The normalized spacial score (nSPS) is 14.7. The highest BCUT2D eigenvalue weighted by atomic mass is 32.2. The van der Waals surface area contributed by atoms with Crippen LogP contribution in [-0.2, 0) is 6.42 Å². The molecule has 0 unspecified atom stereocenters. The van der Waals surface area contributed by atoms with Crippen LogP contribution in [0.3, 0.4) is 0 Å². The van der Waals surface area contributed by atoms with Crippen molar-refractivity contribution >= 4 is 39.9 Å². The number of ether oxygens (including phenoxy) is 1. The summed E-state index contributed by atoms with van der Waals surface area (Å²) in [7, 11) is 0. The molecule has 2 heterocycles. The zero-order chi connectivity index (χ0) is 31.3. The van der Waals surface area contributed by atoms with E-state index >= 15 is 0 Å². The molecule has 230 valence electrons. The maximum atomic E-state index is 12.4. The van der Waals surface area contributed by atoms with Crippen molar-refractivity contribution in [1.29, 1.82) is 0 Å². The van der Waals surface area contributed by atoms with Crippen LogP contribution >= 0.6 is 24.0 Å². The number of aromatic nitrogens is 3. The van der Waals surface area contributed by atoms with Gasteiger partial charge in [-0.15, -0.1) is 18.3 Å². The minimum Gasteiger partial charge on any atom is -0.406 e. The Morgan fingerprint density at radius 3 is 2.55 bits per heavy atom. The smallest absolute Gasteiger partial charge is 0.406 e. The summed E-state index contributed by atoms with van der Waals surface area (Å²) in [6.45, 7) is 8.11. The first-order valence-corrected chi connectivity index (χ1v) is 15.7. The number of hydrogen-bond donors (Lipinski definition) is 1. The van der Waals surface area contributed by atoms with Crippen molar-refractivity contribution in [3.8, 4) is 22.8 Å². The molecular formula is C32H33F3N6OS2. The van der Waals surface area contributed by atoms with Gasteiger partial charge in [-0.3, -0.25) is 0 Å². The highest BCUT2D eigenvalue weighted by Crippen LogP contribution is 2.33. The molecule has 5 rings (SSSR count). The van der Waals surface area contributed by atoms with Crippen molar-refractivity contribution in [2.75, 3.05) is 23.7 Å². The van der Waals surface area contributed by atoms with Crippen molar-refractivity contribution in [3.05, 3.63) is 89.7 Å². The van der Waals surface area contributed by atoms with Gasteiger partial charge in [-0.05, 0) is 84.9 Å². The molecule has 44 heavy (non-hydrogen) atoms. The van der Waals surface area contributed by atoms with E-state index in [2.05, 4.69) is 64.0 Å². The lowest BCUT2D eigenvalue weighted by atomic mass is 9.98. The molecule has 12 heteroatoms. The molecule has 0 atom stereocenters. The van der Waals surface area contributed by atoms with Gasteiger partial charge >= 0.3 is 6.36 Å². The number of benzene rings is 3. The van der Waals surface area contributed by atoms with Crippen molar-refractivity contribution < 1.29 is 17.9 Å². The fourth-order valence-corrected chi connectivity index (χ4v) is 6.04. The zero-order valence-electron chi connectivity index (χ0n) is 24.6. The monoisotopic (exact) mass is 638 g/mol. The molecule has 1 N–H and O–H groups in total. The second-order valence-corrected chi connectivity index (χ2v) is 12.1. The summed E-state index contributed by atoms with van der Waals surface area (Å²) in [5, 5.41) is 9.16. The second-order valence-electron chi connectivity index (χ2n) is 10.7. The van der Waals surface area contributed by atoms with E-state index in [1.807, 2.05) is 24.3 Å². The molecule has 0 spiro atoms. The predicted molar refractivity (Wildman–Crippen MR) is 175 cm³/mol. The average molecular weight is 639 g/mol. The summed E-state index contributed by atoms with van der Waals surface area (Å²) in [5.41, 5.74) is 6.25. The topological polar surface area (TPSA) is 67.6 Å². The summed E-state index contributed by atoms with van der Waals surface area (Å²) < 4.78 is 42.7. The van der Waals surface area contributed by atoms with Crippen LogP contribution in [0.2, 0.25) is 0 Å². The number of halogens is 3. The van der Waals surface area contributed by atoms with E-state index in [9.17, 15) is 13.2 Å². The van der Waals surface area contributed by atoms with Crippen LogP contribution < -0.4 is 15.0 Å². The number of nitrogens with zero attached hydrogens (tertiary/aromatic N) is 5. The Kier molecular flexibility index (Phi) is 9.90. The Labute approximate surface area is 264 Å². The number of thiocarbonyl (C=S) groups is 1. The third-order valence-corrected chi connectivity index (χ3v) is 8.31. The molecule has 1 saturated heterocycles. The first-order chi connectivity index (χ1) is 21.1. The number of thioether (sulfide) groups is 1. The van der Waals surface area contributed by atoms with Crippen LogP contribution in [0.5, 0.6) is 5.75 Å². The number of anilines is 1. The molecule has 0 aliphatic carbocycles. The van der Waals surface area contributed by atoms with Gasteiger partial charge in [0.25, 0.3) is 0 Å². The Morgan fingerprint density at radius 1 is 1.09 bits per heavy atom. The SMILES string of the molecule is Cc1ccc(C(C)C)c(N2CCCS/C2=N\C(=S)NCCc2ccc(-c3ncn(-c4ccc(OC(F)(F)F)cc4)n3)cc2)c1. The summed E-state index contributed by atoms with van der Waals surface area (Å²) >= 11 is 7.35. The van der Waals surface area contributed by atoms with Crippen LogP contribution in [-0.4, -0.2) is 50.2 Å². The lowest BCUT2D eigenvalue weighted by molar-refractivity contribution is -0.274. The minimum atomic E-state index is -4.74. The van der Waals surface area contributed by atoms with Crippen LogP contribution in [0, 0.1) is 6.92 Å². The van der Waals surface area contributed by atoms with Gasteiger partial charge in [0.15, 0.2) is 16.1 Å². The van der Waals surface area contributed by atoms with Crippen molar-refractivity contribution in [1.82, 2.24) is 20.1 Å². The van der Waals surface area contributed by atoms with Gasteiger partial charge < -0.3 is 15.0 Å². The van der Waals surface area contributed by atoms with Crippen LogP contribution in [0.4, 0.5) is 18.9 Å². The van der Waals surface area contributed by atoms with Gasteiger partial charge in [0.05, 0.1) is 5.69 Å². The summed E-state index contributed by atoms with van der Waals surface area (Å²) in [4.78, 5) is 11.5. The fraction of sp³-hybridized carbons (Fsp3) is 0.312. The van der Waals surface area contributed by atoms with Crippen molar-refractivity contribution in [2.24, 2.45) is 4.99 Å². The average Bonchev–Trinajstić information content (AvgIpc) is 3.48. The zero-order valence-corrected chi connectivity index (χ0v) is 26.3. The maximum Gasteiger partial charge on any atom is 0.573 e. The molecular weight excluding hydrogens is 606 g/mol. The molecule has 0 radical (unpaired) electrons. The minimum absolute atomic E-state index is 0.294. The van der Waals surface area contributed by atoms with Crippen LogP contribution in [0.15, 0.2) is 78.0 Å². The van der Waals surface area contributed by atoms with E-state index in [4.69, 9.17) is 17.2 Å². The maximum absolute atomic E-state index is 12.4. The Morgan fingerprint density at radius 2 is 1.84 bits per heavy atom. The molecule has 0 saturated carbocycles. The summed E-state index contributed by atoms with van der Waals surface area (Å²) in [6.07, 6.45) is -1.37. The summed E-state index contributed by atoms with van der Waals surface area (Å²) in [5.74, 6) is 1.64. The van der Waals surface area contributed by atoms with Gasteiger partial charge in [-0.1, -0.05) is 62.0 Å². The molecule has 4 aromatic rings. The molecule has 0 amide bonds. The Hall–Kier alpha value is -3.90. The molecule has 1 aliphatic heterocycles. The predicted octanol–water partition coefficient (Wildman–Crippen LogP) is 7.68. The largest absolute Gasteiger partial charge is 0.573 e. The van der Waals surface area contributed by atoms with Crippen molar-refractivity contribution in [2.45, 2.75) is 45.9 Å². The lowest BCUT2D eigenvalue weighted by Gasteiger charge is -2.32. The fourth-order valence-electron chi connectivity index (χ4n) is 4.83. The van der Waals surface area contributed by atoms with Gasteiger partial charge in [-0.2, -0.15) is 4.99 Å². The number of nitrogens with one attached hydrogen (secondary N) is 1. The molecule has 1 aliphatic rings. The van der Waals surface area contributed by atoms with Crippen LogP contribution in [0.25, 0.3) is 17.1 Å². The van der Waals surface area contributed by atoms with E-state index in [-0.39, 0.29) is 5.75 Å². The Balaban J connectivity index is 1.17.